The summed E-state index contributed by atoms with van der Waals surface area (Å²) in [6.07, 6.45) is 3.05. The Bertz CT molecular complexity index is 1410. The zero-order chi connectivity index (χ0) is 24.6. The molecule has 0 radical (unpaired) electrons. The number of benzene rings is 2. The Balaban J connectivity index is 1.66. The van der Waals surface area contributed by atoms with Crippen LogP contribution in [0, 0.1) is 18.6 Å². The number of nitrogens with two attached hydrogens (primary N) is 1. The summed E-state index contributed by atoms with van der Waals surface area (Å²) in [5.41, 5.74) is 8.15. The van der Waals surface area contributed by atoms with Crippen LogP contribution in [0.25, 0.3) is 11.0 Å². The number of nitrogens with zero attached hydrogens (tertiary/aromatic N) is 3. The second-order valence-electron chi connectivity index (χ2n) is 8.05. The van der Waals surface area contributed by atoms with Gasteiger partial charge in [0, 0.05) is 35.2 Å². The number of rotatable bonds is 5. The van der Waals surface area contributed by atoms with Gasteiger partial charge < -0.3 is 20.9 Å². The molecule has 2 aromatic carbocycles. The molecule has 2 heterocycles. The molecule has 0 saturated carbocycles. The first kappa shape index (κ1) is 22.8. The maximum Gasteiger partial charge on any atom is 0.323 e. The number of halogens is 2. The average molecular weight is 464 g/mol. The van der Waals surface area contributed by atoms with Crippen molar-refractivity contribution in [2.24, 2.45) is 0 Å². The van der Waals surface area contributed by atoms with E-state index >= 15 is 0 Å². The van der Waals surface area contributed by atoms with Crippen molar-refractivity contribution in [1.82, 2.24) is 14.5 Å². The molecule has 2 aromatic heterocycles. The predicted molar refractivity (Wildman–Crippen MR) is 126 cm³/mol. The van der Waals surface area contributed by atoms with Gasteiger partial charge in [-0.2, -0.15) is 0 Å². The van der Waals surface area contributed by atoms with Crippen LogP contribution in [0.4, 0.5) is 30.8 Å². The molecule has 2 amide bonds. The molecule has 4 rings (SSSR count). The highest BCUT2D eigenvalue weighted by atomic mass is 19.1. The van der Waals surface area contributed by atoms with Crippen molar-refractivity contribution < 1.29 is 18.4 Å². The van der Waals surface area contributed by atoms with Crippen molar-refractivity contribution in [2.45, 2.75) is 26.8 Å². The smallest absolute Gasteiger partial charge is 0.323 e. The monoisotopic (exact) mass is 464 g/mol. The van der Waals surface area contributed by atoms with Gasteiger partial charge in [0.05, 0.1) is 10.9 Å². The molecule has 0 spiro atoms. The van der Waals surface area contributed by atoms with Crippen molar-refractivity contribution in [1.29, 1.82) is 0 Å². The molecule has 0 aliphatic rings. The van der Waals surface area contributed by atoms with Crippen LogP contribution < -0.4 is 16.4 Å². The van der Waals surface area contributed by atoms with Crippen molar-refractivity contribution in [3.05, 3.63) is 77.2 Å². The highest BCUT2D eigenvalue weighted by Gasteiger charge is 2.23. The Labute approximate surface area is 193 Å². The fourth-order valence-corrected chi connectivity index (χ4v) is 3.75. The molecule has 0 bridgehead atoms. The zero-order valence-corrected chi connectivity index (χ0v) is 18.7. The van der Waals surface area contributed by atoms with Crippen molar-refractivity contribution in [3.63, 3.8) is 0 Å². The zero-order valence-electron chi connectivity index (χ0n) is 18.7. The van der Waals surface area contributed by atoms with E-state index in [1.807, 2.05) is 18.4 Å². The van der Waals surface area contributed by atoms with Gasteiger partial charge in [0.25, 0.3) is 0 Å². The fourth-order valence-electron chi connectivity index (χ4n) is 3.75. The second-order valence-corrected chi connectivity index (χ2v) is 8.05. The number of aromatic nitrogens is 3. The first-order valence-electron chi connectivity index (χ1n) is 10.4. The van der Waals surface area contributed by atoms with Crippen molar-refractivity contribution in [2.75, 3.05) is 16.4 Å². The molecule has 8 nitrogen and oxygen atoms in total. The van der Waals surface area contributed by atoms with E-state index in [-0.39, 0.29) is 23.3 Å². The van der Waals surface area contributed by atoms with Crippen LogP contribution in [0.15, 0.2) is 48.9 Å². The van der Waals surface area contributed by atoms with E-state index in [0.29, 0.717) is 39.5 Å². The third-order valence-electron chi connectivity index (χ3n) is 5.39. The van der Waals surface area contributed by atoms with Crippen LogP contribution >= 0.6 is 0 Å². The minimum absolute atomic E-state index is 0.0313. The molecule has 4 N–H and O–H groups in total. The first-order valence-corrected chi connectivity index (χ1v) is 10.4. The summed E-state index contributed by atoms with van der Waals surface area (Å²) in [6.45, 7) is 5.61. The number of urea groups is 1. The summed E-state index contributed by atoms with van der Waals surface area (Å²) in [7, 11) is 0. The van der Waals surface area contributed by atoms with Crippen LogP contribution in [0.5, 0.6) is 0 Å². The van der Waals surface area contributed by atoms with Crippen molar-refractivity contribution in [3.8, 4) is 0 Å². The van der Waals surface area contributed by atoms with E-state index in [2.05, 4.69) is 20.6 Å². The fraction of sp³-hybridized carbons (Fsp3) is 0.167. The number of fused-ring (bicyclic) bond motifs is 1. The lowest BCUT2D eigenvalue weighted by atomic mass is 9.98. The summed E-state index contributed by atoms with van der Waals surface area (Å²) >= 11 is 0. The van der Waals surface area contributed by atoms with Crippen LogP contribution in [0.1, 0.15) is 41.4 Å². The van der Waals surface area contributed by atoms with Crippen LogP contribution in [-0.4, -0.2) is 26.3 Å². The number of carbonyl (C=O) groups excluding carboxylic acids is 2. The number of carbonyl (C=O) groups is 2. The Morgan fingerprint density at radius 1 is 1.03 bits per heavy atom. The first-order chi connectivity index (χ1) is 16.2. The van der Waals surface area contributed by atoms with Gasteiger partial charge in [0.2, 0.25) is 0 Å². The lowest BCUT2D eigenvalue weighted by Crippen LogP contribution is -2.20. The van der Waals surface area contributed by atoms with E-state index in [0.717, 1.165) is 12.1 Å². The van der Waals surface area contributed by atoms with E-state index in [1.54, 1.807) is 31.3 Å². The predicted octanol–water partition coefficient (Wildman–Crippen LogP) is 5.06. The van der Waals surface area contributed by atoms with E-state index in [4.69, 9.17) is 5.73 Å². The van der Waals surface area contributed by atoms with E-state index in [1.165, 1.54) is 6.33 Å². The van der Waals surface area contributed by atoms with Crippen LogP contribution in [-0.2, 0) is 0 Å². The maximum absolute atomic E-state index is 13.5. The Morgan fingerprint density at radius 2 is 1.74 bits per heavy atom. The van der Waals surface area contributed by atoms with E-state index < -0.39 is 17.7 Å². The highest BCUT2D eigenvalue weighted by molar-refractivity contribution is 6.19. The van der Waals surface area contributed by atoms with Gasteiger partial charge in [-0.1, -0.05) is 12.1 Å². The average Bonchev–Trinajstić information content (AvgIpc) is 3.15. The number of nitrogens with one attached hydrogen (secondary N) is 2. The minimum Gasteiger partial charge on any atom is -0.383 e. The lowest BCUT2D eigenvalue weighted by molar-refractivity contribution is 0.103. The Hall–Kier alpha value is -4.34. The molecule has 4 aromatic rings. The van der Waals surface area contributed by atoms with Gasteiger partial charge in [0.15, 0.2) is 5.78 Å². The normalized spacial score (nSPS) is 11.1. The van der Waals surface area contributed by atoms with Crippen molar-refractivity contribution >= 4 is 40.0 Å². The lowest BCUT2D eigenvalue weighted by Gasteiger charge is -2.13. The van der Waals surface area contributed by atoms with Crippen LogP contribution in [0.2, 0.25) is 0 Å². The number of ketones is 1. The molecular weight excluding hydrogens is 442 g/mol. The molecule has 0 fully saturated rings. The summed E-state index contributed by atoms with van der Waals surface area (Å²) in [6, 6.07) is 6.89. The molecule has 0 saturated heterocycles. The van der Waals surface area contributed by atoms with Gasteiger partial charge in [0.1, 0.15) is 29.4 Å². The SMILES string of the molecule is Cc1c(NC(=O)Nc2cc(F)cc(F)c2)cccc1C(=O)c1cn(C(C)C)c2ncnc(N)c12. The third-order valence-corrected chi connectivity index (χ3v) is 5.39. The topological polar surface area (TPSA) is 115 Å². The number of nitrogen functional groups attached to an aromatic ring is 1. The standard InChI is InChI=1S/C24H22F2N6O2/c1-12(2)32-10-18(20-22(27)28-11-29-23(20)32)21(33)17-5-4-6-19(13(17)3)31-24(34)30-16-8-14(25)7-15(26)9-16/h4-12H,1-3H3,(H2,27,28,29)(H2,30,31,34). The molecule has 0 atom stereocenters. The maximum atomic E-state index is 13.5. The number of anilines is 3. The number of hydrogen-bond acceptors (Lipinski definition) is 5. The largest absolute Gasteiger partial charge is 0.383 e. The summed E-state index contributed by atoms with van der Waals surface area (Å²) in [5, 5.41) is 5.45. The summed E-state index contributed by atoms with van der Waals surface area (Å²) in [5.74, 6) is -1.74. The molecular formula is C24H22F2N6O2. The van der Waals surface area contributed by atoms with Gasteiger partial charge in [-0.15, -0.1) is 0 Å². The number of amides is 2. The third kappa shape index (κ3) is 4.29. The van der Waals surface area contributed by atoms with Gasteiger partial charge in [-0.05, 0) is 44.5 Å². The quantitative estimate of drug-likeness (QED) is 0.357. The number of hydrogen-bond donors (Lipinski definition) is 3. The van der Waals surface area contributed by atoms with Gasteiger partial charge >= 0.3 is 6.03 Å². The summed E-state index contributed by atoms with van der Waals surface area (Å²) in [4.78, 5) is 34.3. The molecule has 0 aliphatic heterocycles. The van der Waals surface area contributed by atoms with Crippen LogP contribution in [0.3, 0.4) is 0 Å². The Kier molecular flexibility index (Phi) is 5.97. The molecule has 0 unspecified atom stereocenters. The molecule has 10 heteroatoms. The van der Waals surface area contributed by atoms with Gasteiger partial charge in [-0.3, -0.25) is 4.79 Å². The highest BCUT2D eigenvalue weighted by Crippen LogP contribution is 2.30. The second kappa shape index (κ2) is 8.89. The van der Waals surface area contributed by atoms with E-state index in [9.17, 15) is 18.4 Å². The molecule has 0 aliphatic carbocycles. The molecule has 34 heavy (non-hydrogen) atoms. The molecule has 174 valence electrons. The van der Waals surface area contributed by atoms with Gasteiger partial charge in [-0.25, -0.2) is 23.5 Å². The minimum atomic E-state index is -0.817. The Morgan fingerprint density at radius 3 is 2.41 bits per heavy atom. The summed E-state index contributed by atoms with van der Waals surface area (Å²) < 4.78 is 28.6.